The molecule has 0 aromatic rings. The van der Waals surface area contributed by atoms with Gasteiger partial charge in [0.2, 0.25) is 0 Å². The van der Waals surface area contributed by atoms with Crippen molar-refractivity contribution in [2.45, 2.75) is 115 Å². The van der Waals surface area contributed by atoms with Crippen LogP contribution in [0.25, 0.3) is 0 Å². The van der Waals surface area contributed by atoms with Gasteiger partial charge in [-0.25, -0.2) is 0 Å². The highest BCUT2D eigenvalue weighted by molar-refractivity contribution is 4.89. The van der Waals surface area contributed by atoms with Crippen LogP contribution in [0, 0.1) is 0 Å². The van der Waals surface area contributed by atoms with Crippen LogP contribution in [0.3, 0.4) is 0 Å². The van der Waals surface area contributed by atoms with Crippen LogP contribution in [0.4, 0.5) is 0 Å². The van der Waals surface area contributed by atoms with Gasteiger partial charge in [0.1, 0.15) is 24.4 Å². The highest BCUT2D eigenvalue weighted by atomic mass is 16.6. The van der Waals surface area contributed by atoms with E-state index in [-0.39, 0.29) is 13.2 Å². The van der Waals surface area contributed by atoms with E-state index in [2.05, 4.69) is 19.1 Å². The number of aliphatic hydroxyl groups is 3. The number of hydrogen-bond acceptors (Lipinski definition) is 5. The van der Waals surface area contributed by atoms with Crippen molar-refractivity contribution in [3.05, 3.63) is 12.2 Å². The second-order valence-corrected chi connectivity index (χ2v) is 8.03. The molecule has 0 saturated carbocycles. The molecule has 4 atom stereocenters. The first-order chi connectivity index (χ1) is 13.7. The second-order valence-electron chi connectivity index (χ2n) is 8.03. The summed E-state index contributed by atoms with van der Waals surface area (Å²) in [5.41, 5.74) is 0. The predicted octanol–water partition coefficient (Wildman–Crippen LogP) is 4.13. The summed E-state index contributed by atoms with van der Waals surface area (Å²) >= 11 is 0. The Morgan fingerprint density at radius 1 is 0.929 bits per heavy atom. The number of allylic oxidation sites excluding steroid dienone is 2. The zero-order valence-corrected chi connectivity index (χ0v) is 17.9. The Morgan fingerprint density at radius 2 is 1.50 bits per heavy atom. The molecule has 1 aliphatic heterocycles. The summed E-state index contributed by atoms with van der Waals surface area (Å²) in [5, 5.41) is 28.6. The van der Waals surface area contributed by atoms with E-state index in [1.807, 2.05) is 0 Å². The van der Waals surface area contributed by atoms with Crippen molar-refractivity contribution in [2.75, 3.05) is 19.8 Å². The summed E-state index contributed by atoms with van der Waals surface area (Å²) in [5.74, 6) is 0. The minimum atomic E-state index is -1.01. The standard InChI is InChI=1S/C23H44O5/c1-2-3-4-5-6-7-8-9-10-11-12-13-14-15-16-17-27-23-21(26)19-28-22(23)20(25)18-24/h11-12,20-26H,2-10,13-19H2,1H3/b12-11+/t20-,21+,22-,23-/m0/s1. The van der Waals surface area contributed by atoms with Crippen molar-refractivity contribution in [1.82, 2.24) is 0 Å². The minimum Gasteiger partial charge on any atom is -0.394 e. The summed E-state index contributed by atoms with van der Waals surface area (Å²) in [6.45, 7) is 2.57. The number of unbranched alkanes of at least 4 members (excludes halogenated alkanes) is 11. The van der Waals surface area contributed by atoms with Gasteiger partial charge < -0.3 is 24.8 Å². The molecule has 0 bridgehead atoms. The van der Waals surface area contributed by atoms with Gasteiger partial charge in [-0.1, -0.05) is 70.4 Å². The minimum absolute atomic E-state index is 0.149. The van der Waals surface area contributed by atoms with Crippen LogP contribution < -0.4 is 0 Å². The van der Waals surface area contributed by atoms with Crippen LogP contribution >= 0.6 is 0 Å². The third-order valence-electron chi connectivity index (χ3n) is 5.45. The maximum Gasteiger partial charge on any atom is 0.114 e. The Bertz CT molecular complexity index is 374. The molecule has 1 saturated heterocycles. The molecule has 0 amide bonds. The van der Waals surface area contributed by atoms with E-state index in [9.17, 15) is 10.2 Å². The third-order valence-corrected chi connectivity index (χ3v) is 5.45. The van der Waals surface area contributed by atoms with Crippen LogP contribution in [0.1, 0.15) is 90.4 Å². The molecule has 0 aromatic heterocycles. The number of hydrogen-bond donors (Lipinski definition) is 3. The molecule has 1 aliphatic rings. The third kappa shape index (κ3) is 11.5. The molecule has 0 aliphatic carbocycles. The van der Waals surface area contributed by atoms with Crippen molar-refractivity contribution in [1.29, 1.82) is 0 Å². The fourth-order valence-corrected chi connectivity index (χ4v) is 3.65. The number of aliphatic hydroxyl groups excluding tert-OH is 3. The van der Waals surface area contributed by atoms with Crippen LogP contribution in [-0.4, -0.2) is 59.6 Å². The maximum atomic E-state index is 9.88. The Hall–Kier alpha value is -0.460. The topological polar surface area (TPSA) is 79.2 Å². The molecule has 0 unspecified atom stereocenters. The van der Waals surface area contributed by atoms with E-state index in [0.717, 1.165) is 25.7 Å². The fraction of sp³-hybridized carbons (Fsp3) is 0.913. The lowest BCUT2D eigenvalue weighted by Crippen LogP contribution is -2.42. The zero-order chi connectivity index (χ0) is 20.5. The normalized spacial score (nSPS) is 23.6. The van der Waals surface area contributed by atoms with Gasteiger partial charge in [0, 0.05) is 6.61 Å². The lowest BCUT2D eigenvalue weighted by atomic mass is 10.1. The van der Waals surface area contributed by atoms with Crippen molar-refractivity contribution >= 4 is 0 Å². The van der Waals surface area contributed by atoms with E-state index in [1.165, 1.54) is 57.8 Å². The molecule has 0 spiro atoms. The summed E-state index contributed by atoms with van der Waals surface area (Å²) in [6.07, 6.45) is 18.1. The van der Waals surface area contributed by atoms with Gasteiger partial charge in [-0.3, -0.25) is 0 Å². The van der Waals surface area contributed by atoms with Crippen LogP contribution in [0.5, 0.6) is 0 Å². The molecule has 166 valence electrons. The van der Waals surface area contributed by atoms with E-state index in [4.69, 9.17) is 14.6 Å². The van der Waals surface area contributed by atoms with Crippen molar-refractivity contribution < 1.29 is 24.8 Å². The van der Waals surface area contributed by atoms with E-state index < -0.39 is 24.4 Å². The smallest absolute Gasteiger partial charge is 0.114 e. The molecule has 1 fully saturated rings. The molecule has 3 N–H and O–H groups in total. The Morgan fingerprint density at radius 3 is 2.11 bits per heavy atom. The van der Waals surface area contributed by atoms with Crippen LogP contribution in [0.15, 0.2) is 12.2 Å². The molecule has 0 radical (unpaired) electrons. The first-order valence-corrected chi connectivity index (χ1v) is 11.6. The first-order valence-electron chi connectivity index (χ1n) is 11.6. The van der Waals surface area contributed by atoms with Gasteiger partial charge in [0.25, 0.3) is 0 Å². The fourth-order valence-electron chi connectivity index (χ4n) is 3.65. The quantitative estimate of drug-likeness (QED) is 0.238. The number of rotatable bonds is 18. The summed E-state index contributed by atoms with van der Waals surface area (Å²) in [4.78, 5) is 0. The van der Waals surface area contributed by atoms with Gasteiger partial charge in [-0.15, -0.1) is 0 Å². The van der Waals surface area contributed by atoms with Crippen LogP contribution in [-0.2, 0) is 9.47 Å². The molecule has 5 heteroatoms. The molecule has 28 heavy (non-hydrogen) atoms. The van der Waals surface area contributed by atoms with Crippen LogP contribution in [0.2, 0.25) is 0 Å². The largest absolute Gasteiger partial charge is 0.394 e. The van der Waals surface area contributed by atoms with Gasteiger partial charge in [-0.05, 0) is 32.1 Å². The molecule has 1 heterocycles. The molecule has 0 aromatic carbocycles. The van der Waals surface area contributed by atoms with Crippen molar-refractivity contribution in [3.63, 3.8) is 0 Å². The highest BCUT2D eigenvalue weighted by Crippen LogP contribution is 2.21. The first kappa shape index (κ1) is 25.6. The average Bonchev–Trinajstić information content (AvgIpc) is 3.07. The Balaban J connectivity index is 1.90. The van der Waals surface area contributed by atoms with Crippen molar-refractivity contribution in [3.8, 4) is 0 Å². The van der Waals surface area contributed by atoms with Gasteiger partial charge in [0.15, 0.2) is 0 Å². The van der Waals surface area contributed by atoms with E-state index in [1.54, 1.807) is 0 Å². The summed E-state index contributed by atoms with van der Waals surface area (Å²) < 4.78 is 11.0. The lowest BCUT2D eigenvalue weighted by molar-refractivity contribution is -0.0937. The van der Waals surface area contributed by atoms with E-state index in [0.29, 0.717) is 6.61 Å². The lowest BCUT2D eigenvalue weighted by Gasteiger charge is -2.23. The molecular formula is C23H44O5. The van der Waals surface area contributed by atoms with Gasteiger partial charge in [-0.2, -0.15) is 0 Å². The molecule has 1 rings (SSSR count). The van der Waals surface area contributed by atoms with Gasteiger partial charge in [0.05, 0.1) is 13.2 Å². The summed E-state index contributed by atoms with van der Waals surface area (Å²) in [6, 6.07) is 0. The van der Waals surface area contributed by atoms with Crippen molar-refractivity contribution in [2.24, 2.45) is 0 Å². The average molecular weight is 401 g/mol. The second kappa shape index (κ2) is 17.4. The highest BCUT2D eigenvalue weighted by Gasteiger charge is 2.40. The monoisotopic (exact) mass is 400 g/mol. The van der Waals surface area contributed by atoms with E-state index >= 15 is 0 Å². The maximum absolute atomic E-state index is 9.88. The number of ether oxygens (including phenoxy) is 2. The zero-order valence-electron chi connectivity index (χ0n) is 17.9. The van der Waals surface area contributed by atoms with Gasteiger partial charge >= 0.3 is 0 Å². The molecular weight excluding hydrogens is 356 g/mol. The SMILES string of the molecule is CCCCCCCCCC/C=C/CCCCCO[C@@H]1[C@H]([C@@H](O)CO)OC[C@H]1O. The Labute approximate surface area is 172 Å². The summed E-state index contributed by atoms with van der Waals surface area (Å²) in [7, 11) is 0. The Kier molecular flexibility index (Phi) is 15.9. The predicted molar refractivity (Wildman–Crippen MR) is 113 cm³/mol. The molecule has 5 nitrogen and oxygen atoms in total.